The number of aryl methyl sites for hydroxylation is 1. The first-order valence-electron chi connectivity index (χ1n) is 6.19. The van der Waals surface area contributed by atoms with E-state index in [1.54, 1.807) is 0 Å². The van der Waals surface area contributed by atoms with E-state index in [4.69, 9.17) is 4.74 Å². The second kappa shape index (κ2) is 5.49. The molecule has 0 bridgehead atoms. The molecule has 0 atom stereocenters. The van der Waals surface area contributed by atoms with Crippen LogP contribution in [0.25, 0.3) is 0 Å². The molecule has 2 rings (SSSR count). The lowest BCUT2D eigenvalue weighted by Crippen LogP contribution is -2.42. The molecule has 1 aromatic heterocycles. The van der Waals surface area contributed by atoms with E-state index in [1.165, 1.54) is 0 Å². The van der Waals surface area contributed by atoms with Crippen LogP contribution in [0, 0.1) is 6.92 Å². The molecule has 18 heavy (non-hydrogen) atoms. The summed E-state index contributed by atoms with van der Waals surface area (Å²) in [5.74, 6) is 2.19. The summed E-state index contributed by atoms with van der Waals surface area (Å²) >= 11 is 0. The van der Waals surface area contributed by atoms with Crippen LogP contribution in [-0.2, 0) is 4.74 Å². The Morgan fingerprint density at radius 3 is 2.67 bits per heavy atom. The van der Waals surface area contributed by atoms with Crippen molar-refractivity contribution in [1.29, 1.82) is 0 Å². The molecule has 3 N–H and O–H groups in total. The molecule has 1 aromatic rings. The number of anilines is 2. The minimum Gasteiger partial charge on any atom is -0.388 e. The standard InChI is InChI=1S/C12H20N4O2/c1-9-15-10(13-2)7-11(16-9)14-8-12(17)3-5-18-6-4-12/h7,17H,3-6,8H2,1-2H3,(H2,13,14,15,16). The van der Waals surface area contributed by atoms with Crippen LogP contribution in [0.3, 0.4) is 0 Å². The number of nitrogens with zero attached hydrogens (tertiary/aromatic N) is 2. The van der Waals surface area contributed by atoms with Crippen LogP contribution in [0.15, 0.2) is 6.07 Å². The van der Waals surface area contributed by atoms with Gasteiger partial charge < -0.3 is 20.5 Å². The van der Waals surface area contributed by atoms with E-state index in [2.05, 4.69) is 20.6 Å². The summed E-state index contributed by atoms with van der Waals surface area (Å²) in [7, 11) is 1.82. The van der Waals surface area contributed by atoms with Crippen molar-refractivity contribution >= 4 is 11.6 Å². The van der Waals surface area contributed by atoms with Gasteiger partial charge in [0.15, 0.2) is 0 Å². The maximum atomic E-state index is 10.3. The highest BCUT2D eigenvalue weighted by atomic mass is 16.5. The highest BCUT2D eigenvalue weighted by molar-refractivity contribution is 5.47. The number of nitrogens with one attached hydrogen (secondary N) is 2. The molecule has 1 saturated heterocycles. The summed E-state index contributed by atoms with van der Waals surface area (Å²) in [6.07, 6.45) is 1.31. The van der Waals surface area contributed by atoms with E-state index in [0.29, 0.717) is 38.4 Å². The Morgan fingerprint density at radius 2 is 2.00 bits per heavy atom. The topological polar surface area (TPSA) is 79.3 Å². The molecule has 0 aromatic carbocycles. The van der Waals surface area contributed by atoms with Gasteiger partial charge in [0.2, 0.25) is 0 Å². The van der Waals surface area contributed by atoms with E-state index in [9.17, 15) is 5.11 Å². The minimum atomic E-state index is -0.698. The fourth-order valence-electron chi connectivity index (χ4n) is 1.97. The molecule has 6 heteroatoms. The SMILES string of the molecule is CNc1cc(NCC2(O)CCOCC2)nc(C)n1. The summed E-state index contributed by atoms with van der Waals surface area (Å²) in [4.78, 5) is 8.51. The first kappa shape index (κ1) is 13.0. The minimum absolute atomic E-state index is 0.482. The Kier molecular flexibility index (Phi) is 3.98. The van der Waals surface area contributed by atoms with Crippen LogP contribution >= 0.6 is 0 Å². The molecule has 1 aliphatic rings. The van der Waals surface area contributed by atoms with Crippen LogP contribution in [-0.4, -0.2) is 47.5 Å². The molecule has 0 radical (unpaired) electrons. The van der Waals surface area contributed by atoms with Crippen molar-refractivity contribution in [3.63, 3.8) is 0 Å². The van der Waals surface area contributed by atoms with Crippen LogP contribution in [0.1, 0.15) is 18.7 Å². The molecular formula is C12H20N4O2. The second-order valence-corrected chi connectivity index (χ2v) is 4.63. The zero-order valence-electron chi connectivity index (χ0n) is 10.9. The molecule has 0 saturated carbocycles. The monoisotopic (exact) mass is 252 g/mol. The zero-order chi connectivity index (χ0) is 13.0. The van der Waals surface area contributed by atoms with Crippen LogP contribution in [0.5, 0.6) is 0 Å². The van der Waals surface area contributed by atoms with Crippen LogP contribution < -0.4 is 10.6 Å². The first-order chi connectivity index (χ1) is 8.61. The highest BCUT2D eigenvalue weighted by Gasteiger charge is 2.29. The lowest BCUT2D eigenvalue weighted by molar-refractivity contribution is -0.0543. The third-order valence-electron chi connectivity index (χ3n) is 3.12. The van der Waals surface area contributed by atoms with Gasteiger partial charge in [-0.05, 0) is 6.92 Å². The molecule has 100 valence electrons. The Morgan fingerprint density at radius 1 is 1.33 bits per heavy atom. The van der Waals surface area contributed by atoms with Crippen molar-refractivity contribution < 1.29 is 9.84 Å². The van der Waals surface area contributed by atoms with E-state index in [0.717, 1.165) is 11.6 Å². The molecule has 6 nitrogen and oxygen atoms in total. The van der Waals surface area contributed by atoms with Gasteiger partial charge in [-0.1, -0.05) is 0 Å². The largest absolute Gasteiger partial charge is 0.388 e. The van der Waals surface area contributed by atoms with E-state index < -0.39 is 5.60 Å². The maximum absolute atomic E-state index is 10.3. The average Bonchev–Trinajstić information content (AvgIpc) is 2.37. The molecule has 0 spiro atoms. The predicted octanol–water partition coefficient (Wildman–Crippen LogP) is 0.780. The van der Waals surface area contributed by atoms with Crippen molar-refractivity contribution in [2.24, 2.45) is 0 Å². The second-order valence-electron chi connectivity index (χ2n) is 4.63. The van der Waals surface area contributed by atoms with Gasteiger partial charge in [-0.3, -0.25) is 0 Å². The Hall–Kier alpha value is -1.40. The van der Waals surface area contributed by atoms with Crippen molar-refractivity contribution in [3.05, 3.63) is 11.9 Å². The summed E-state index contributed by atoms with van der Waals surface area (Å²) in [5.41, 5.74) is -0.698. The molecule has 1 aliphatic heterocycles. The Balaban J connectivity index is 1.98. The number of hydrogen-bond donors (Lipinski definition) is 3. The smallest absolute Gasteiger partial charge is 0.131 e. The predicted molar refractivity (Wildman–Crippen MR) is 69.8 cm³/mol. The zero-order valence-corrected chi connectivity index (χ0v) is 10.9. The number of aromatic nitrogens is 2. The van der Waals surface area contributed by atoms with Gasteiger partial charge in [0, 0.05) is 45.7 Å². The van der Waals surface area contributed by atoms with Gasteiger partial charge >= 0.3 is 0 Å². The lowest BCUT2D eigenvalue weighted by atomic mass is 9.94. The van der Waals surface area contributed by atoms with Gasteiger partial charge in [0.25, 0.3) is 0 Å². The summed E-state index contributed by atoms with van der Waals surface area (Å²) in [6, 6.07) is 1.83. The van der Waals surface area contributed by atoms with Crippen LogP contribution in [0.2, 0.25) is 0 Å². The number of ether oxygens (including phenoxy) is 1. The molecule has 0 amide bonds. The summed E-state index contributed by atoms with van der Waals surface area (Å²) in [5, 5.41) is 16.5. The van der Waals surface area contributed by atoms with Gasteiger partial charge in [0.05, 0.1) is 5.60 Å². The fraction of sp³-hybridized carbons (Fsp3) is 0.667. The van der Waals surface area contributed by atoms with E-state index >= 15 is 0 Å². The fourth-order valence-corrected chi connectivity index (χ4v) is 1.97. The number of aliphatic hydroxyl groups is 1. The van der Waals surface area contributed by atoms with Crippen molar-refractivity contribution in [1.82, 2.24) is 9.97 Å². The third kappa shape index (κ3) is 3.30. The molecule has 2 heterocycles. The van der Waals surface area contributed by atoms with Crippen LogP contribution in [0.4, 0.5) is 11.6 Å². The van der Waals surface area contributed by atoms with E-state index in [-0.39, 0.29) is 0 Å². The quantitative estimate of drug-likeness (QED) is 0.735. The molecule has 0 aliphatic carbocycles. The third-order valence-corrected chi connectivity index (χ3v) is 3.12. The first-order valence-corrected chi connectivity index (χ1v) is 6.19. The van der Waals surface area contributed by atoms with E-state index in [1.807, 2.05) is 20.0 Å². The van der Waals surface area contributed by atoms with Gasteiger partial charge in [-0.2, -0.15) is 0 Å². The van der Waals surface area contributed by atoms with Gasteiger partial charge in [-0.15, -0.1) is 0 Å². The van der Waals surface area contributed by atoms with Crippen molar-refractivity contribution in [3.8, 4) is 0 Å². The normalized spacial score (nSPS) is 18.4. The summed E-state index contributed by atoms with van der Waals surface area (Å²) in [6.45, 7) is 3.55. The van der Waals surface area contributed by atoms with Gasteiger partial charge in [0.1, 0.15) is 17.5 Å². The highest BCUT2D eigenvalue weighted by Crippen LogP contribution is 2.21. The number of rotatable bonds is 4. The van der Waals surface area contributed by atoms with Gasteiger partial charge in [-0.25, -0.2) is 9.97 Å². The summed E-state index contributed by atoms with van der Waals surface area (Å²) < 4.78 is 5.25. The lowest BCUT2D eigenvalue weighted by Gasteiger charge is -2.32. The average molecular weight is 252 g/mol. The molecular weight excluding hydrogens is 232 g/mol. The Labute approximate surface area is 107 Å². The van der Waals surface area contributed by atoms with Crippen molar-refractivity contribution in [2.45, 2.75) is 25.4 Å². The number of hydrogen-bond acceptors (Lipinski definition) is 6. The Bertz CT molecular complexity index is 405. The van der Waals surface area contributed by atoms with Crippen molar-refractivity contribution in [2.75, 3.05) is 37.4 Å². The maximum Gasteiger partial charge on any atom is 0.131 e. The molecule has 1 fully saturated rings. The molecule has 0 unspecified atom stereocenters.